The number of benzene rings is 1. The van der Waals surface area contributed by atoms with Gasteiger partial charge < -0.3 is 4.98 Å². The van der Waals surface area contributed by atoms with E-state index in [4.69, 9.17) is 15.7 Å². The van der Waals surface area contributed by atoms with E-state index in [0.717, 1.165) is 5.56 Å². The van der Waals surface area contributed by atoms with Crippen molar-refractivity contribution < 1.29 is 4.11 Å². The molecule has 0 saturated heterocycles. The molecule has 0 fully saturated rings. The molecule has 0 spiro atoms. The Morgan fingerprint density at radius 2 is 2.00 bits per heavy atom. The topological polar surface area (TPSA) is 41.6 Å². The molecule has 2 aromatic heterocycles. The number of aromatic nitrogens is 3. The van der Waals surface area contributed by atoms with Gasteiger partial charge in [-0.15, -0.1) is 0 Å². The number of nitrogens with zero attached hydrogens (tertiary/aromatic N) is 2. The van der Waals surface area contributed by atoms with Gasteiger partial charge in [0, 0.05) is 11.7 Å². The molecule has 19 heavy (non-hydrogen) atoms. The molecule has 3 rings (SSSR count). The molecule has 0 aliphatic carbocycles. The summed E-state index contributed by atoms with van der Waals surface area (Å²) in [5, 5.41) is 0.195. The Balaban J connectivity index is 2.34. The minimum atomic E-state index is -0.175. The number of hydrogen-bond acceptors (Lipinski definition) is 2. The van der Waals surface area contributed by atoms with E-state index in [1.165, 1.54) is 0 Å². The third-order valence-electron chi connectivity index (χ3n) is 2.71. The minimum absolute atomic E-state index is 0.0865. The number of nitrogens with one attached hydrogen (secondary N) is 1. The summed E-state index contributed by atoms with van der Waals surface area (Å²) in [4.78, 5) is 11.3. The Morgan fingerprint density at radius 3 is 2.68 bits per heavy atom. The molecular weight excluding hydrogens is 258 g/mol. The molecule has 1 N–H and O–H groups in total. The molecule has 0 bridgehead atoms. The third kappa shape index (κ3) is 2.25. The first kappa shape index (κ1) is 8.88. The van der Waals surface area contributed by atoms with Crippen molar-refractivity contribution in [3.63, 3.8) is 0 Å². The van der Waals surface area contributed by atoms with Gasteiger partial charge in [-0.3, -0.25) is 0 Å². The van der Waals surface area contributed by atoms with Crippen LogP contribution in [0.15, 0.2) is 48.6 Å². The second-order valence-corrected chi connectivity index (χ2v) is 4.38. The molecule has 0 atom stereocenters. The lowest BCUT2D eigenvalue weighted by atomic mass is 10.1. The van der Waals surface area contributed by atoms with Crippen molar-refractivity contribution in [3.8, 4) is 22.5 Å². The molecule has 0 aliphatic rings. The third-order valence-corrected chi connectivity index (χ3v) is 2.98. The van der Waals surface area contributed by atoms with Gasteiger partial charge in [0.2, 0.25) is 0 Å². The Hall–Kier alpha value is -2.13. The zero-order chi connectivity index (χ0) is 15.9. The standard InChI is InChI=1S/C15H12ClN3/c1-10-18-14(11-6-3-2-4-7-11)13(15(16)19-10)12-8-5-9-17-12/h2-9,17H,1H3/i5T,8T,9T. The summed E-state index contributed by atoms with van der Waals surface area (Å²) in [6, 6.07) is 9.17. The highest BCUT2D eigenvalue weighted by Gasteiger charge is 2.15. The van der Waals surface area contributed by atoms with Crippen LogP contribution in [0, 0.1) is 6.92 Å². The predicted octanol–water partition coefficient (Wildman–Crippen LogP) is 4.10. The Kier molecular flexibility index (Phi) is 2.27. The fraction of sp³-hybridized carbons (Fsp3) is 0.0667. The molecule has 3 nitrogen and oxygen atoms in total. The molecule has 0 aliphatic heterocycles. The second kappa shape index (κ2) is 4.86. The van der Waals surface area contributed by atoms with Gasteiger partial charge in [0.15, 0.2) is 0 Å². The van der Waals surface area contributed by atoms with E-state index in [1.54, 1.807) is 6.92 Å². The summed E-state index contributed by atoms with van der Waals surface area (Å²) in [5.41, 5.74) is 2.14. The van der Waals surface area contributed by atoms with Crippen molar-refractivity contribution in [2.75, 3.05) is 0 Å². The molecule has 1 aromatic carbocycles. The SMILES string of the molecule is [3H]c1[nH]c(-c2c(Cl)nc(C)nc2-c2ccccc2)c([3H])c1[3H]. The van der Waals surface area contributed by atoms with E-state index < -0.39 is 0 Å². The largest absolute Gasteiger partial charge is 0.361 e. The van der Waals surface area contributed by atoms with Crippen molar-refractivity contribution in [2.45, 2.75) is 6.92 Å². The summed E-state index contributed by atoms with van der Waals surface area (Å²) < 4.78 is 23.4. The van der Waals surface area contributed by atoms with Crippen LogP contribution in [0.2, 0.25) is 5.15 Å². The van der Waals surface area contributed by atoms with E-state index >= 15 is 0 Å². The maximum absolute atomic E-state index is 8.01. The first-order valence-electron chi connectivity index (χ1n) is 7.24. The number of hydrogen-bond donors (Lipinski definition) is 1. The lowest BCUT2D eigenvalue weighted by Gasteiger charge is -2.10. The van der Waals surface area contributed by atoms with Crippen LogP contribution in [0.5, 0.6) is 0 Å². The van der Waals surface area contributed by atoms with E-state index in [1.807, 2.05) is 30.3 Å². The lowest BCUT2D eigenvalue weighted by molar-refractivity contribution is 1.06. The molecule has 0 unspecified atom stereocenters. The maximum Gasteiger partial charge on any atom is 0.142 e. The number of H-pyrrole nitrogens is 1. The van der Waals surface area contributed by atoms with Crippen LogP contribution < -0.4 is 0 Å². The minimum Gasteiger partial charge on any atom is -0.361 e. The lowest BCUT2D eigenvalue weighted by Crippen LogP contribution is -1.97. The van der Waals surface area contributed by atoms with Crippen molar-refractivity contribution in [1.29, 1.82) is 0 Å². The van der Waals surface area contributed by atoms with E-state index in [2.05, 4.69) is 15.0 Å². The summed E-state index contributed by atoms with van der Waals surface area (Å²) >= 11 is 6.28. The highest BCUT2D eigenvalue weighted by molar-refractivity contribution is 6.32. The van der Waals surface area contributed by atoms with Gasteiger partial charge in [0.25, 0.3) is 0 Å². The van der Waals surface area contributed by atoms with Gasteiger partial charge >= 0.3 is 0 Å². The summed E-state index contributed by atoms with van der Waals surface area (Å²) in [5.74, 6) is 0.517. The molecule has 4 heteroatoms. The number of aromatic amines is 1. The molecule has 3 aromatic rings. The quantitative estimate of drug-likeness (QED) is 0.716. The molecule has 0 radical (unpaired) electrons. The van der Waals surface area contributed by atoms with Gasteiger partial charge in [0.1, 0.15) is 11.0 Å². The van der Waals surface area contributed by atoms with E-state index in [-0.39, 0.29) is 23.4 Å². The van der Waals surface area contributed by atoms with Gasteiger partial charge in [-0.05, 0) is 19.0 Å². The van der Waals surface area contributed by atoms with Crippen LogP contribution in [-0.2, 0) is 0 Å². The van der Waals surface area contributed by atoms with Gasteiger partial charge in [-0.1, -0.05) is 41.9 Å². The first-order chi connectivity index (χ1) is 10.5. The first-order valence-corrected chi connectivity index (χ1v) is 6.12. The highest BCUT2D eigenvalue weighted by atomic mass is 35.5. The van der Waals surface area contributed by atoms with Crippen molar-refractivity contribution >= 4 is 11.6 Å². The second-order valence-electron chi connectivity index (χ2n) is 4.03. The average molecular weight is 276 g/mol. The Morgan fingerprint density at radius 1 is 1.21 bits per heavy atom. The fourth-order valence-electron chi connectivity index (χ4n) is 1.91. The zero-order valence-corrected chi connectivity index (χ0v) is 10.9. The average Bonchev–Trinajstić information content (AvgIpc) is 2.75. The number of aryl methyl sites for hydroxylation is 1. The zero-order valence-electron chi connectivity index (χ0n) is 13.2. The normalized spacial score (nSPS) is 12.8. The summed E-state index contributed by atoms with van der Waals surface area (Å²) in [7, 11) is 0. The molecule has 0 saturated carbocycles. The molecule has 0 amide bonds. The number of halogens is 1. The molecule has 2 heterocycles. The van der Waals surface area contributed by atoms with Gasteiger partial charge in [0.05, 0.1) is 21.1 Å². The summed E-state index contributed by atoms with van der Waals surface area (Å²) in [6.45, 7) is 1.74. The van der Waals surface area contributed by atoms with Crippen LogP contribution in [0.25, 0.3) is 22.5 Å². The fourth-order valence-corrected chi connectivity index (χ4v) is 2.21. The van der Waals surface area contributed by atoms with Crippen LogP contribution >= 0.6 is 11.6 Å². The predicted molar refractivity (Wildman–Crippen MR) is 77.0 cm³/mol. The van der Waals surface area contributed by atoms with E-state index in [9.17, 15) is 0 Å². The smallest absolute Gasteiger partial charge is 0.142 e. The molecule has 94 valence electrons. The molecular formula is C15H12ClN3. The van der Waals surface area contributed by atoms with Gasteiger partial charge in [-0.25, -0.2) is 9.97 Å². The van der Waals surface area contributed by atoms with Crippen molar-refractivity contribution in [1.82, 2.24) is 15.0 Å². The monoisotopic (exact) mass is 275 g/mol. The number of rotatable bonds is 2. The van der Waals surface area contributed by atoms with Gasteiger partial charge in [-0.2, -0.15) is 0 Å². The van der Waals surface area contributed by atoms with Crippen LogP contribution in [0.4, 0.5) is 0 Å². The van der Waals surface area contributed by atoms with Crippen LogP contribution in [-0.4, -0.2) is 15.0 Å². The Labute approximate surface area is 120 Å². The summed E-state index contributed by atoms with van der Waals surface area (Å²) in [6.07, 6.45) is -0.129. The van der Waals surface area contributed by atoms with Crippen molar-refractivity contribution in [2.24, 2.45) is 0 Å². The maximum atomic E-state index is 8.01. The van der Waals surface area contributed by atoms with E-state index in [0.29, 0.717) is 22.8 Å². The van der Waals surface area contributed by atoms with Crippen LogP contribution in [0.1, 0.15) is 9.94 Å². The van der Waals surface area contributed by atoms with Crippen molar-refractivity contribution in [3.05, 3.63) is 59.6 Å². The highest BCUT2D eigenvalue weighted by Crippen LogP contribution is 2.34. The van der Waals surface area contributed by atoms with Crippen LogP contribution in [0.3, 0.4) is 0 Å². The Bertz CT molecular complexity index is 847.